The standard InChI is InChI=1S/C14H16N2O2S/c1-9-3-4-11(5-10(9)2)15-13(18)6-14-16-12(7-17)8-19-14/h3-5,8,17H,6-7H2,1-2H3,(H,15,18). The molecule has 0 unspecified atom stereocenters. The van der Waals surface area contributed by atoms with Crippen LogP contribution in [0.5, 0.6) is 0 Å². The Balaban J connectivity index is 1.98. The van der Waals surface area contributed by atoms with Crippen molar-refractivity contribution in [2.24, 2.45) is 0 Å². The summed E-state index contributed by atoms with van der Waals surface area (Å²) in [6.07, 6.45) is 0.234. The maximum absolute atomic E-state index is 11.9. The average Bonchev–Trinajstić information content (AvgIpc) is 2.81. The number of anilines is 1. The second kappa shape index (κ2) is 5.95. The van der Waals surface area contributed by atoms with Crippen LogP contribution in [0, 0.1) is 13.8 Å². The zero-order chi connectivity index (χ0) is 13.8. The minimum Gasteiger partial charge on any atom is -0.390 e. The van der Waals surface area contributed by atoms with Crippen LogP contribution in [0.25, 0.3) is 0 Å². The fraction of sp³-hybridized carbons (Fsp3) is 0.286. The van der Waals surface area contributed by atoms with E-state index in [9.17, 15) is 4.79 Å². The molecule has 19 heavy (non-hydrogen) atoms. The summed E-state index contributed by atoms with van der Waals surface area (Å²) in [4.78, 5) is 16.0. The molecule has 0 saturated heterocycles. The van der Waals surface area contributed by atoms with E-state index < -0.39 is 0 Å². The number of carbonyl (C=O) groups excluding carboxylic acids is 1. The molecule has 0 atom stereocenters. The molecular weight excluding hydrogens is 260 g/mol. The minimum atomic E-state index is -0.0953. The van der Waals surface area contributed by atoms with E-state index in [4.69, 9.17) is 5.11 Å². The van der Waals surface area contributed by atoms with E-state index in [1.165, 1.54) is 16.9 Å². The first-order valence-electron chi connectivity index (χ1n) is 5.99. The van der Waals surface area contributed by atoms with Crippen LogP contribution >= 0.6 is 11.3 Å². The monoisotopic (exact) mass is 276 g/mol. The Hall–Kier alpha value is -1.72. The van der Waals surface area contributed by atoms with Crippen molar-refractivity contribution in [3.05, 3.63) is 45.4 Å². The molecule has 0 spiro atoms. The van der Waals surface area contributed by atoms with Crippen molar-refractivity contribution in [3.63, 3.8) is 0 Å². The molecule has 1 amide bonds. The molecule has 1 aromatic carbocycles. The van der Waals surface area contributed by atoms with Crippen molar-refractivity contribution >= 4 is 22.9 Å². The molecule has 0 fully saturated rings. The van der Waals surface area contributed by atoms with Crippen LogP contribution in [0.1, 0.15) is 21.8 Å². The first kappa shape index (κ1) is 13.7. The fourth-order valence-electron chi connectivity index (χ4n) is 1.66. The number of aromatic nitrogens is 1. The molecule has 0 bridgehead atoms. The Morgan fingerprint density at radius 3 is 2.79 bits per heavy atom. The van der Waals surface area contributed by atoms with Gasteiger partial charge in [-0.2, -0.15) is 0 Å². The van der Waals surface area contributed by atoms with Gasteiger partial charge in [-0.1, -0.05) is 6.07 Å². The van der Waals surface area contributed by atoms with E-state index in [2.05, 4.69) is 10.3 Å². The molecule has 0 saturated carbocycles. The lowest BCUT2D eigenvalue weighted by Gasteiger charge is -2.06. The molecule has 100 valence electrons. The number of thiazole rings is 1. The van der Waals surface area contributed by atoms with E-state index in [0.29, 0.717) is 10.7 Å². The third kappa shape index (κ3) is 3.62. The third-order valence-corrected chi connectivity index (χ3v) is 3.76. The van der Waals surface area contributed by atoms with E-state index in [0.717, 1.165) is 11.3 Å². The van der Waals surface area contributed by atoms with Crippen LogP contribution in [0.15, 0.2) is 23.6 Å². The number of aliphatic hydroxyl groups is 1. The van der Waals surface area contributed by atoms with Gasteiger partial charge in [0, 0.05) is 11.1 Å². The quantitative estimate of drug-likeness (QED) is 0.901. The molecule has 1 heterocycles. The lowest BCUT2D eigenvalue weighted by molar-refractivity contribution is -0.115. The summed E-state index contributed by atoms with van der Waals surface area (Å²) >= 11 is 1.39. The fourth-order valence-corrected chi connectivity index (χ4v) is 2.45. The van der Waals surface area contributed by atoms with Crippen LogP contribution in [-0.4, -0.2) is 16.0 Å². The molecule has 2 N–H and O–H groups in total. The second-order valence-electron chi connectivity index (χ2n) is 4.41. The number of hydrogen-bond donors (Lipinski definition) is 2. The summed E-state index contributed by atoms with van der Waals surface area (Å²) in [5, 5.41) is 14.2. The van der Waals surface area contributed by atoms with Gasteiger partial charge < -0.3 is 10.4 Å². The molecular formula is C14H16N2O2S. The summed E-state index contributed by atoms with van der Waals surface area (Å²) in [7, 11) is 0. The molecule has 1 aromatic heterocycles. The highest BCUT2D eigenvalue weighted by atomic mass is 32.1. The highest BCUT2D eigenvalue weighted by Crippen LogP contribution is 2.15. The summed E-state index contributed by atoms with van der Waals surface area (Å²) in [6.45, 7) is 3.96. The van der Waals surface area contributed by atoms with Gasteiger partial charge in [0.25, 0.3) is 0 Å². The molecule has 2 rings (SSSR count). The summed E-state index contributed by atoms with van der Waals surface area (Å²) in [5.41, 5.74) is 3.76. The smallest absolute Gasteiger partial charge is 0.231 e. The third-order valence-electron chi connectivity index (χ3n) is 2.86. The Labute approximate surface area is 116 Å². The Bertz CT molecular complexity index is 593. The van der Waals surface area contributed by atoms with Crippen LogP contribution in [0.3, 0.4) is 0 Å². The molecule has 0 aliphatic rings. The number of nitrogens with zero attached hydrogens (tertiary/aromatic N) is 1. The first-order chi connectivity index (χ1) is 9.08. The van der Waals surface area contributed by atoms with Crippen molar-refractivity contribution in [1.29, 1.82) is 0 Å². The van der Waals surface area contributed by atoms with Gasteiger partial charge in [-0.25, -0.2) is 4.98 Å². The molecule has 0 aliphatic heterocycles. The lowest BCUT2D eigenvalue weighted by atomic mass is 10.1. The topological polar surface area (TPSA) is 62.2 Å². The van der Waals surface area contributed by atoms with E-state index in [-0.39, 0.29) is 18.9 Å². The van der Waals surface area contributed by atoms with Gasteiger partial charge in [-0.15, -0.1) is 11.3 Å². The van der Waals surface area contributed by atoms with Crippen LogP contribution < -0.4 is 5.32 Å². The van der Waals surface area contributed by atoms with Gasteiger partial charge in [-0.05, 0) is 37.1 Å². The number of rotatable bonds is 4. The van der Waals surface area contributed by atoms with Crippen molar-refractivity contribution in [3.8, 4) is 0 Å². The Morgan fingerprint density at radius 1 is 1.37 bits per heavy atom. The summed E-state index contributed by atoms with van der Waals surface area (Å²) in [6, 6.07) is 5.83. The van der Waals surface area contributed by atoms with Gasteiger partial charge in [0.1, 0.15) is 5.01 Å². The summed E-state index contributed by atoms with van der Waals surface area (Å²) in [5.74, 6) is -0.0953. The number of benzene rings is 1. The Morgan fingerprint density at radius 2 is 2.16 bits per heavy atom. The van der Waals surface area contributed by atoms with Crippen LogP contribution in [0.4, 0.5) is 5.69 Å². The Kier molecular flexibility index (Phi) is 4.29. The number of carbonyl (C=O) groups is 1. The highest BCUT2D eigenvalue weighted by molar-refractivity contribution is 7.09. The van der Waals surface area contributed by atoms with E-state index >= 15 is 0 Å². The van der Waals surface area contributed by atoms with E-state index in [1.54, 1.807) is 5.38 Å². The van der Waals surface area contributed by atoms with E-state index in [1.807, 2.05) is 32.0 Å². The largest absolute Gasteiger partial charge is 0.390 e. The summed E-state index contributed by atoms with van der Waals surface area (Å²) < 4.78 is 0. The molecule has 0 radical (unpaired) electrons. The van der Waals surface area contributed by atoms with Gasteiger partial charge in [0.2, 0.25) is 5.91 Å². The predicted octanol–water partition coefficient (Wildman–Crippen LogP) is 2.43. The number of nitrogens with one attached hydrogen (secondary N) is 1. The second-order valence-corrected chi connectivity index (χ2v) is 5.36. The van der Waals surface area contributed by atoms with Gasteiger partial charge in [0.05, 0.1) is 18.7 Å². The zero-order valence-electron chi connectivity index (χ0n) is 10.9. The van der Waals surface area contributed by atoms with Crippen molar-refractivity contribution in [1.82, 2.24) is 4.98 Å². The molecule has 2 aromatic rings. The molecule has 0 aliphatic carbocycles. The highest BCUT2D eigenvalue weighted by Gasteiger charge is 2.08. The van der Waals surface area contributed by atoms with Crippen LogP contribution in [0.2, 0.25) is 0 Å². The average molecular weight is 276 g/mol. The van der Waals surface area contributed by atoms with Gasteiger partial charge >= 0.3 is 0 Å². The maximum atomic E-state index is 11.9. The first-order valence-corrected chi connectivity index (χ1v) is 6.87. The number of hydrogen-bond acceptors (Lipinski definition) is 4. The molecule has 4 nitrogen and oxygen atoms in total. The van der Waals surface area contributed by atoms with Crippen molar-refractivity contribution in [2.75, 3.05) is 5.32 Å². The normalized spacial score (nSPS) is 10.5. The number of aliphatic hydroxyl groups excluding tert-OH is 1. The predicted molar refractivity (Wildman–Crippen MR) is 76.3 cm³/mol. The molecule has 5 heteroatoms. The van der Waals surface area contributed by atoms with Crippen molar-refractivity contribution < 1.29 is 9.90 Å². The van der Waals surface area contributed by atoms with Crippen LogP contribution in [-0.2, 0) is 17.8 Å². The maximum Gasteiger partial charge on any atom is 0.231 e. The minimum absolute atomic E-state index is 0.0880. The SMILES string of the molecule is Cc1ccc(NC(=O)Cc2nc(CO)cs2)cc1C. The van der Waals surface area contributed by atoms with Crippen molar-refractivity contribution in [2.45, 2.75) is 26.9 Å². The number of aryl methyl sites for hydroxylation is 2. The van der Waals surface area contributed by atoms with Gasteiger partial charge in [0.15, 0.2) is 0 Å². The lowest BCUT2D eigenvalue weighted by Crippen LogP contribution is -2.14. The number of amides is 1. The van der Waals surface area contributed by atoms with Gasteiger partial charge in [-0.3, -0.25) is 4.79 Å². The zero-order valence-corrected chi connectivity index (χ0v) is 11.8.